The lowest BCUT2D eigenvalue weighted by atomic mass is 10.1. The molecule has 2 aromatic carbocycles. The summed E-state index contributed by atoms with van der Waals surface area (Å²) >= 11 is 5.28. The Hall–Kier alpha value is -1.52. The van der Waals surface area contributed by atoms with E-state index in [4.69, 9.17) is 9.72 Å². The normalized spacial score (nSPS) is 10.9. The maximum atomic E-state index is 5.26. The fourth-order valence-corrected chi connectivity index (χ4v) is 3.85. The van der Waals surface area contributed by atoms with Gasteiger partial charge in [-0.25, -0.2) is 4.98 Å². The Balaban J connectivity index is 1.80. The van der Waals surface area contributed by atoms with E-state index in [0.717, 1.165) is 26.5 Å². The molecular formula is C18H16BrNOS. The van der Waals surface area contributed by atoms with Crippen molar-refractivity contribution in [3.05, 3.63) is 64.1 Å². The van der Waals surface area contributed by atoms with Crippen molar-refractivity contribution in [3.63, 3.8) is 0 Å². The van der Waals surface area contributed by atoms with Crippen LogP contribution in [0.3, 0.4) is 0 Å². The molecule has 0 aliphatic heterocycles. The van der Waals surface area contributed by atoms with Crippen LogP contribution in [0.15, 0.2) is 58.0 Å². The minimum absolute atomic E-state index is 0.855. The molecule has 0 atom stereocenters. The minimum atomic E-state index is 0.855. The van der Waals surface area contributed by atoms with Gasteiger partial charge in [0, 0.05) is 11.1 Å². The number of aromatic nitrogens is 1. The number of hydrogen-bond donors (Lipinski definition) is 0. The predicted molar refractivity (Wildman–Crippen MR) is 96.7 cm³/mol. The average molecular weight is 374 g/mol. The first kappa shape index (κ1) is 15.4. The Bertz CT molecular complexity index is 819. The van der Waals surface area contributed by atoms with E-state index in [2.05, 4.69) is 59.3 Å². The molecule has 0 aliphatic carbocycles. The molecule has 0 amide bonds. The van der Waals surface area contributed by atoms with E-state index in [1.807, 2.05) is 12.1 Å². The van der Waals surface area contributed by atoms with Gasteiger partial charge in [0.15, 0.2) is 0 Å². The number of benzene rings is 2. The highest BCUT2D eigenvalue weighted by molar-refractivity contribution is 9.10. The molecule has 1 aromatic heterocycles. The van der Waals surface area contributed by atoms with Crippen LogP contribution in [-0.2, 0) is 5.75 Å². The molecule has 3 rings (SSSR count). The summed E-state index contributed by atoms with van der Waals surface area (Å²) in [6, 6.07) is 16.6. The number of aryl methyl sites for hydroxylation is 1. The van der Waals surface area contributed by atoms with Crippen LogP contribution in [-0.4, -0.2) is 12.1 Å². The lowest BCUT2D eigenvalue weighted by molar-refractivity contribution is 0.412. The van der Waals surface area contributed by atoms with Crippen LogP contribution in [0.4, 0.5) is 0 Å². The summed E-state index contributed by atoms with van der Waals surface area (Å²) < 4.78 is 6.24. The van der Waals surface area contributed by atoms with Crippen LogP contribution < -0.4 is 4.74 Å². The number of methoxy groups -OCH3 is 1. The number of thioether (sulfide) groups is 1. The molecule has 3 aromatic rings. The van der Waals surface area contributed by atoms with Gasteiger partial charge in [-0.3, -0.25) is 0 Å². The van der Waals surface area contributed by atoms with Gasteiger partial charge in [0.1, 0.15) is 5.75 Å². The summed E-state index contributed by atoms with van der Waals surface area (Å²) in [6.07, 6.45) is 0. The molecule has 0 N–H and O–H groups in total. The van der Waals surface area contributed by atoms with Crippen LogP contribution in [0.5, 0.6) is 5.75 Å². The van der Waals surface area contributed by atoms with Crippen molar-refractivity contribution in [2.24, 2.45) is 0 Å². The second kappa shape index (κ2) is 6.71. The zero-order chi connectivity index (χ0) is 15.5. The number of pyridine rings is 1. The molecule has 0 aliphatic rings. The van der Waals surface area contributed by atoms with Crippen molar-refractivity contribution in [1.82, 2.24) is 4.98 Å². The molecule has 0 spiro atoms. The standard InChI is InChI=1S/C18H16BrNOS/c1-12-9-18(20-16-6-4-3-5-14(12)16)22-11-13-7-8-17(21-2)15(19)10-13/h3-10H,11H2,1-2H3. The fraction of sp³-hybridized carbons (Fsp3) is 0.167. The van der Waals surface area contributed by atoms with Crippen molar-refractivity contribution in [1.29, 1.82) is 0 Å². The largest absolute Gasteiger partial charge is 0.496 e. The van der Waals surface area contributed by atoms with E-state index in [0.29, 0.717) is 0 Å². The fourth-order valence-electron chi connectivity index (χ4n) is 2.35. The van der Waals surface area contributed by atoms with Gasteiger partial charge < -0.3 is 4.74 Å². The molecule has 112 valence electrons. The quantitative estimate of drug-likeness (QED) is 0.555. The number of hydrogen-bond acceptors (Lipinski definition) is 3. The number of para-hydroxylation sites is 1. The van der Waals surface area contributed by atoms with Crippen molar-refractivity contribution in [2.75, 3.05) is 7.11 Å². The second-order valence-electron chi connectivity index (χ2n) is 5.05. The molecule has 0 fully saturated rings. The van der Waals surface area contributed by atoms with Gasteiger partial charge in [0.05, 0.1) is 22.1 Å². The van der Waals surface area contributed by atoms with Crippen LogP contribution in [0.25, 0.3) is 10.9 Å². The monoisotopic (exact) mass is 373 g/mol. The summed E-state index contributed by atoms with van der Waals surface area (Å²) in [5.74, 6) is 1.74. The summed E-state index contributed by atoms with van der Waals surface area (Å²) in [5, 5.41) is 2.28. The van der Waals surface area contributed by atoms with Gasteiger partial charge in [-0.2, -0.15) is 0 Å². The summed E-state index contributed by atoms with van der Waals surface area (Å²) in [4.78, 5) is 4.73. The molecule has 4 heteroatoms. The molecule has 1 heterocycles. The van der Waals surface area contributed by atoms with Gasteiger partial charge >= 0.3 is 0 Å². The molecule has 22 heavy (non-hydrogen) atoms. The number of ether oxygens (including phenoxy) is 1. The topological polar surface area (TPSA) is 22.1 Å². The predicted octanol–water partition coefficient (Wildman–Crippen LogP) is 5.61. The second-order valence-corrected chi connectivity index (χ2v) is 6.90. The van der Waals surface area contributed by atoms with E-state index in [1.165, 1.54) is 16.5 Å². The van der Waals surface area contributed by atoms with Crippen LogP contribution in [0, 0.1) is 6.92 Å². The lowest BCUT2D eigenvalue weighted by Crippen LogP contribution is -1.89. The Labute approximate surface area is 143 Å². The molecule has 0 unspecified atom stereocenters. The van der Waals surface area contributed by atoms with Gasteiger partial charge in [0.2, 0.25) is 0 Å². The van der Waals surface area contributed by atoms with Crippen LogP contribution in [0.2, 0.25) is 0 Å². The van der Waals surface area contributed by atoms with Crippen molar-refractivity contribution < 1.29 is 4.74 Å². The van der Waals surface area contributed by atoms with Gasteiger partial charge in [-0.1, -0.05) is 24.3 Å². The molecule has 0 saturated heterocycles. The SMILES string of the molecule is COc1ccc(CSc2cc(C)c3ccccc3n2)cc1Br. The molecular weight excluding hydrogens is 358 g/mol. The van der Waals surface area contributed by atoms with Gasteiger partial charge in [0.25, 0.3) is 0 Å². The highest BCUT2D eigenvalue weighted by Gasteiger charge is 2.05. The molecule has 2 nitrogen and oxygen atoms in total. The number of nitrogens with zero attached hydrogens (tertiary/aromatic N) is 1. The summed E-state index contributed by atoms with van der Waals surface area (Å²) in [7, 11) is 1.68. The highest BCUT2D eigenvalue weighted by atomic mass is 79.9. The van der Waals surface area contributed by atoms with Crippen molar-refractivity contribution in [3.8, 4) is 5.75 Å². The van der Waals surface area contributed by atoms with E-state index in [9.17, 15) is 0 Å². The Morgan fingerprint density at radius 3 is 2.73 bits per heavy atom. The zero-order valence-electron chi connectivity index (χ0n) is 12.5. The van der Waals surface area contributed by atoms with E-state index < -0.39 is 0 Å². The number of halogens is 1. The molecule has 0 radical (unpaired) electrons. The van der Waals surface area contributed by atoms with Gasteiger partial charge in [-0.05, 0) is 58.2 Å². The van der Waals surface area contributed by atoms with Crippen LogP contribution >= 0.6 is 27.7 Å². The maximum Gasteiger partial charge on any atom is 0.133 e. The van der Waals surface area contributed by atoms with Crippen molar-refractivity contribution in [2.45, 2.75) is 17.7 Å². The first-order chi connectivity index (χ1) is 10.7. The van der Waals surface area contributed by atoms with E-state index in [1.54, 1.807) is 18.9 Å². The summed E-state index contributed by atoms with van der Waals surface area (Å²) in [5.41, 5.74) is 3.57. The first-order valence-corrected chi connectivity index (χ1v) is 8.77. The third kappa shape index (κ3) is 3.28. The van der Waals surface area contributed by atoms with E-state index >= 15 is 0 Å². The Morgan fingerprint density at radius 1 is 1.14 bits per heavy atom. The third-order valence-electron chi connectivity index (χ3n) is 3.50. The molecule has 0 saturated carbocycles. The Morgan fingerprint density at radius 2 is 1.95 bits per heavy atom. The van der Waals surface area contributed by atoms with Crippen LogP contribution in [0.1, 0.15) is 11.1 Å². The maximum absolute atomic E-state index is 5.26. The first-order valence-electron chi connectivity index (χ1n) is 6.99. The zero-order valence-corrected chi connectivity index (χ0v) is 14.9. The smallest absolute Gasteiger partial charge is 0.133 e. The highest BCUT2D eigenvalue weighted by Crippen LogP contribution is 2.30. The summed E-state index contributed by atoms with van der Waals surface area (Å²) in [6.45, 7) is 2.14. The van der Waals surface area contributed by atoms with E-state index in [-0.39, 0.29) is 0 Å². The number of rotatable bonds is 4. The van der Waals surface area contributed by atoms with Gasteiger partial charge in [-0.15, -0.1) is 11.8 Å². The lowest BCUT2D eigenvalue weighted by Gasteiger charge is -2.08. The molecule has 0 bridgehead atoms. The Kier molecular flexibility index (Phi) is 4.69. The average Bonchev–Trinajstić information content (AvgIpc) is 2.53. The van der Waals surface area contributed by atoms with Crippen molar-refractivity contribution >= 4 is 38.6 Å². The number of fused-ring (bicyclic) bond motifs is 1. The third-order valence-corrected chi connectivity index (χ3v) is 5.10. The minimum Gasteiger partial charge on any atom is -0.496 e.